The van der Waals surface area contributed by atoms with Gasteiger partial charge in [0.25, 0.3) is 0 Å². The van der Waals surface area contributed by atoms with Gasteiger partial charge in [0.2, 0.25) is 0 Å². The van der Waals surface area contributed by atoms with E-state index in [2.05, 4.69) is 66.7 Å². The summed E-state index contributed by atoms with van der Waals surface area (Å²) in [4.78, 5) is 12.3. The van der Waals surface area contributed by atoms with Crippen molar-refractivity contribution >= 4 is 5.97 Å². The Bertz CT molecular complexity index is 720. The molecule has 0 N–H and O–H groups in total. The summed E-state index contributed by atoms with van der Waals surface area (Å²) < 4.78 is 5.55. The van der Waals surface area contributed by atoms with E-state index in [1.165, 1.54) is 113 Å². The maximum absolute atomic E-state index is 12.3. The third-order valence-electron chi connectivity index (χ3n) is 7.64. The molecular formula is C35H62O2. The van der Waals surface area contributed by atoms with Crippen molar-refractivity contribution in [2.45, 2.75) is 175 Å². The first-order chi connectivity index (χ1) is 17.6. The number of aryl methyl sites for hydroxylation is 1. The molecule has 0 aliphatic carbocycles. The second-order valence-electron chi connectivity index (χ2n) is 13.4. The lowest BCUT2D eigenvalue weighted by atomic mass is 9.78. The molecule has 2 heteroatoms. The number of benzene rings is 1. The highest BCUT2D eigenvalue weighted by Crippen LogP contribution is 2.32. The molecule has 0 amide bonds. The topological polar surface area (TPSA) is 26.3 Å². The Kier molecular flexibility index (Phi) is 17.2. The van der Waals surface area contributed by atoms with Gasteiger partial charge in [-0.05, 0) is 40.4 Å². The van der Waals surface area contributed by atoms with E-state index in [0.717, 1.165) is 12.8 Å². The molecule has 0 aromatic heterocycles. The first-order valence-corrected chi connectivity index (χ1v) is 15.8. The maximum Gasteiger partial charge on any atom is 0.306 e. The lowest BCUT2D eigenvalue weighted by molar-refractivity contribution is -0.143. The molecule has 0 aliphatic rings. The minimum atomic E-state index is -0.0549. The molecule has 2 nitrogen and oxygen atoms in total. The lowest BCUT2D eigenvalue weighted by Gasteiger charge is -2.27. The van der Waals surface area contributed by atoms with E-state index < -0.39 is 0 Å². The highest BCUT2D eigenvalue weighted by Gasteiger charge is 2.22. The molecule has 1 aromatic rings. The molecule has 0 saturated carbocycles. The molecule has 0 saturated heterocycles. The summed E-state index contributed by atoms with van der Waals surface area (Å²) in [5.74, 6) is -0.0549. The van der Waals surface area contributed by atoms with Crippen molar-refractivity contribution in [3.05, 3.63) is 34.9 Å². The van der Waals surface area contributed by atoms with Crippen LogP contribution in [0.15, 0.2) is 18.2 Å². The molecule has 37 heavy (non-hydrogen) atoms. The van der Waals surface area contributed by atoms with Crippen molar-refractivity contribution in [2.75, 3.05) is 6.61 Å². The van der Waals surface area contributed by atoms with Crippen molar-refractivity contribution < 1.29 is 9.53 Å². The minimum absolute atomic E-state index is 0.0549. The van der Waals surface area contributed by atoms with Crippen LogP contribution in [0.2, 0.25) is 0 Å². The van der Waals surface area contributed by atoms with Crippen LogP contribution in [0, 0.1) is 0 Å². The van der Waals surface area contributed by atoms with E-state index in [9.17, 15) is 4.79 Å². The summed E-state index contributed by atoms with van der Waals surface area (Å²) in [5, 5.41) is 0. The summed E-state index contributed by atoms with van der Waals surface area (Å²) in [5.41, 5.74) is 4.18. The molecule has 0 bridgehead atoms. The molecule has 0 atom stereocenters. The fourth-order valence-electron chi connectivity index (χ4n) is 5.10. The van der Waals surface area contributed by atoms with E-state index in [0.29, 0.717) is 13.0 Å². The maximum atomic E-state index is 12.3. The fraction of sp³-hybridized carbons (Fsp3) is 0.800. The zero-order valence-corrected chi connectivity index (χ0v) is 26.0. The fourth-order valence-corrected chi connectivity index (χ4v) is 5.10. The number of carbonyl (C=O) groups excluding carboxylic acids is 1. The summed E-state index contributed by atoms with van der Waals surface area (Å²) in [6.45, 7) is 16.4. The van der Waals surface area contributed by atoms with Crippen molar-refractivity contribution in [1.29, 1.82) is 0 Å². The predicted molar refractivity (Wildman–Crippen MR) is 163 cm³/mol. The van der Waals surface area contributed by atoms with Gasteiger partial charge in [-0.2, -0.15) is 0 Å². The van der Waals surface area contributed by atoms with Crippen LogP contribution in [-0.4, -0.2) is 12.6 Å². The Morgan fingerprint density at radius 3 is 1.54 bits per heavy atom. The Morgan fingerprint density at radius 1 is 0.649 bits per heavy atom. The van der Waals surface area contributed by atoms with Crippen LogP contribution in [0.4, 0.5) is 0 Å². The van der Waals surface area contributed by atoms with Crippen molar-refractivity contribution in [2.24, 2.45) is 0 Å². The van der Waals surface area contributed by atoms with Crippen LogP contribution in [0.3, 0.4) is 0 Å². The molecule has 0 aliphatic heterocycles. The highest BCUT2D eigenvalue weighted by molar-refractivity contribution is 5.69. The molecule has 1 aromatic carbocycles. The number of ether oxygens (including phenoxy) is 1. The molecular weight excluding hydrogens is 452 g/mol. The number of rotatable bonds is 20. The predicted octanol–water partition coefficient (Wildman–Crippen LogP) is 11.0. The SMILES string of the molecule is CCCCCCCCCCCCCCCCCCOC(=O)CCc1ccc(C(C)(C)C)cc1C(C)(C)C. The zero-order chi connectivity index (χ0) is 27.6. The van der Waals surface area contributed by atoms with E-state index in [1.807, 2.05) is 0 Å². The van der Waals surface area contributed by atoms with Crippen molar-refractivity contribution in [1.82, 2.24) is 0 Å². The molecule has 0 heterocycles. The molecule has 0 unspecified atom stereocenters. The quantitative estimate of drug-likeness (QED) is 0.128. The third-order valence-corrected chi connectivity index (χ3v) is 7.64. The number of hydrogen-bond acceptors (Lipinski definition) is 2. The first kappa shape index (κ1) is 33.7. The van der Waals surface area contributed by atoms with Gasteiger partial charge < -0.3 is 4.74 Å². The first-order valence-electron chi connectivity index (χ1n) is 15.8. The van der Waals surface area contributed by atoms with Crippen LogP contribution < -0.4 is 0 Å². The van der Waals surface area contributed by atoms with E-state index in [4.69, 9.17) is 4.74 Å². The average molecular weight is 515 g/mol. The normalized spacial score (nSPS) is 12.2. The molecule has 0 radical (unpaired) electrons. The van der Waals surface area contributed by atoms with Crippen molar-refractivity contribution in [3.63, 3.8) is 0 Å². The second kappa shape index (κ2) is 18.9. The minimum Gasteiger partial charge on any atom is -0.466 e. The monoisotopic (exact) mass is 514 g/mol. The Labute approximate surface area is 231 Å². The van der Waals surface area contributed by atoms with E-state index in [-0.39, 0.29) is 16.8 Å². The van der Waals surface area contributed by atoms with E-state index >= 15 is 0 Å². The van der Waals surface area contributed by atoms with Gasteiger partial charge in [0.05, 0.1) is 6.61 Å². The Hall–Kier alpha value is -1.31. The number of esters is 1. The molecule has 0 fully saturated rings. The molecule has 1 rings (SSSR count). The average Bonchev–Trinajstić information content (AvgIpc) is 2.83. The summed E-state index contributed by atoms with van der Waals surface area (Å²) in [6, 6.07) is 6.80. The van der Waals surface area contributed by atoms with Crippen molar-refractivity contribution in [3.8, 4) is 0 Å². The van der Waals surface area contributed by atoms with Gasteiger partial charge in [0.1, 0.15) is 0 Å². The lowest BCUT2D eigenvalue weighted by Crippen LogP contribution is -2.19. The largest absolute Gasteiger partial charge is 0.466 e. The van der Waals surface area contributed by atoms with Gasteiger partial charge in [0.15, 0.2) is 0 Å². The smallest absolute Gasteiger partial charge is 0.306 e. The Morgan fingerprint density at radius 2 is 1.11 bits per heavy atom. The summed E-state index contributed by atoms with van der Waals surface area (Å²) in [6.07, 6.45) is 23.0. The summed E-state index contributed by atoms with van der Waals surface area (Å²) in [7, 11) is 0. The van der Waals surface area contributed by atoms with Crippen LogP contribution in [0.1, 0.15) is 174 Å². The number of carbonyl (C=O) groups is 1. The summed E-state index contributed by atoms with van der Waals surface area (Å²) >= 11 is 0. The highest BCUT2D eigenvalue weighted by atomic mass is 16.5. The van der Waals surface area contributed by atoms with Crippen LogP contribution in [0.25, 0.3) is 0 Å². The van der Waals surface area contributed by atoms with E-state index in [1.54, 1.807) is 0 Å². The van der Waals surface area contributed by atoms with Gasteiger partial charge in [-0.15, -0.1) is 0 Å². The third kappa shape index (κ3) is 16.3. The standard InChI is InChI=1S/C35H62O2/c1-8-9-10-11-12-13-14-15-16-17-18-19-20-21-22-23-28-37-33(36)27-25-30-24-26-31(34(2,3)4)29-32(30)35(5,6)7/h24,26,29H,8-23,25,27-28H2,1-7H3. The van der Waals surface area contributed by atoms with Gasteiger partial charge >= 0.3 is 5.97 Å². The van der Waals surface area contributed by atoms with Crippen LogP contribution in [-0.2, 0) is 26.8 Å². The van der Waals surface area contributed by atoms with Gasteiger partial charge in [-0.1, -0.05) is 163 Å². The van der Waals surface area contributed by atoms with Gasteiger partial charge in [-0.3, -0.25) is 4.79 Å². The molecule has 0 spiro atoms. The molecule has 214 valence electrons. The van der Waals surface area contributed by atoms with Crippen LogP contribution >= 0.6 is 0 Å². The van der Waals surface area contributed by atoms with Crippen LogP contribution in [0.5, 0.6) is 0 Å². The number of unbranched alkanes of at least 4 members (excludes halogenated alkanes) is 15. The Balaban J connectivity index is 2.07. The van der Waals surface area contributed by atoms with Gasteiger partial charge in [0, 0.05) is 6.42 Å². The number of hydrogen-bond donors (Lipinski definition) is 0. The second-order valence-corrected chi connectivity index (χ2v) is 13.4. The zero-order valence-electron chi connectivity index (χ0n) is 26.0. The van der Waals surface area contributed by atoms with Gasteiger partial charge in [-0.25, -0.2) is 0 Å².